The summed E-state index contributed by atoms with van der Waals surface area (Å²) in [7, 11) is 0. The molecule has 1 heterocycles. The molecule has 1 unspecified atom stereocenters. The molecule has 2 amide bonds. The number of primary amides is 1. The fourth-order valence-corrected chi connectivity index (χ4v) is 2.38. The highest BCUT2D eigenvalue weighted by Gasteiger charge is 2.34. The van der Waals surface area contributed by atoms with E-state index in [2.05, 4.69) is 5.32 Å². The van der Waals surface area contributed by atoms with Crippen LogP contribution < -0.4 is 11.1 Å². The monoisotopic (exact) mass is 321 g/mol. The normalized spacial score (nSPS) is 17.0. The van der Waals surface area contributed by atoms with Crippen molar-refractivity contribution in [3.05, 3.63) is 29.3 Å². The maximum atomic E-state index is 12.4. The standard InChI is InChI=1S/C16H23N3O4/c1-3-8-22-19(23-9-4-2)13-10-11-6-5-7-12(15(17)20)14(11)18-16(13)21/h5-7,13H,3-4,8-10H2,1-2H3,(H2,17,20)(H,18,21). The zero-order valence-electron chi connectivity index (χ0n) is 13.5. The average molecular weight is 321 g/mol. The highest BCUT2D eigenvalue weighted by atomic mass is 16.9. The minimum Gasteiger partial charge on any atom is -0.366 e. The smallest absolute Gasteiger partial charge is 0.250 e. The molecule has 1 aliphatic heterocycles. The van der Waals surface area contributed by atoms with Crippen LogP contribution in [0.15, 0.2) is 18.2 Å². The van der Waals surface area contributed by atoms with E-state index in [1.54, 1.807) is 12.1 Å². The van der Waals surface area contributed by atoms with E-state index in [1.165, 1.54) is 5.23 Å². The number of carbonyl (C=O) groups excluding carboxylic acids is 2. The predicted molar refractivity (Wildman–Crippen MR) is 85.4 cm³/mol. The van der Waals surface area contributed by atoms with Crippen LogP contribution in [0, 0.1) is 0 Å². The van der Waals surface area contributed by atoms with Crippen molar-refractivity contribution in [1.82, 2.24) is 5.23 Å². The van der Waals surface area contributed by atoms with Crippen molar-refractivity contribution in [2.75, 3.05) is 18.5 Å². The van der Waals surface area contributed by atoms with Crippen LogP contribution in [0.3, 0.4) is 0 Å². The zero-order chi connectivity index (χ0) is 16.8. The van der Waals surface area contributed by atoms with Crippen LogP contribution in [0.5, 0.6) is 0 Å². The van der Waals surface area contributed by atoms with Gasteiger partial charge in [0.25, 0.3) is 5.91 Å². The molecule has 0 aliphatic carbocycles. The molecule has 0 fully saturated rings. The van der Waals surface area contributed by atoms with E-state index >= 15 is 0 Å². The minimum absolute atomic E-state index is 0.279. The molecule has 0 radical (unpaired) electrons. The summed E-state index contributed by atoms with van der Waals surface area (Å²) in [6, 6.07) is 4.59. The number of fused-ring (bicyclic) bond motifs is 1. The average Bonchev–Trinajstić information content (AvgIpc) is 2.54. The second kappa shape index (κ2) is 8.05. The Morgan fingerprint density at radius 2 is 1.96 bits per heavy atom. The van der Waals surface area contributed by atoms with Crippen LogP contribution in [0.2, 0.25) is 0 Å². The molecule has 7 heteroatoms. The summed E-state index contributed by atoms with van der Waals surface area (Å²) < 4.78 is 0. The summed E-state index contributed by atoms with van der Waals surface area (Å²) in [5.41, 5.74) is 6.98. The molecule has 0 aromatic heterocycles. The Labute approximate surface area is 135 Å². The number of carbonyl (C=O) groups is 2. The minimum atomic E-state index is -0.608. The van der Waals surface area contributed by atoms with E-state index in [1.807, 2.05) is 19.9 Å². The van der Waals surface area contributed by atoms with Gasteiger partial charge in [0.1, 0.15) is 6.04 Å². The Bertz CT molecular complexity index is 568. The summed E-state index contributed by atoms with van der Waals surface area (Å²) in [5, 5.41) is 4.03. The van der Waals surface area contributed by atoms with Crippen molar-refractivity contribution < 1.29 is 19.3 Å². The molecule has 0 saturated heterocycles. The third-order valence-corrected chi connectivity index (χ3v) is 3.48. The number of amides is 2. The van der Waals surface area contributed by atoms with Gasteiger partial charge in [-0.05, 0) is 24.5 Å². The fraction of sp³-hybridized carbons (Fsp3) is 0.500. The number of nitrogens with zero attached hydrogens (tertiary/aromatic N) is 1. The summed E-state index contributed by atoms with van der Waals surface area (Å²) in [6.45, 7) is 4.88. The second-order valence-electron chi connectivity index (χ2n) is 5.36. The first-order valence-electron chi connectivity index (χ1n) is 7.86. The van der Waals surface area contributed by atoms with Crippen molar-refractivity contribution in [1.29, 1.82) is 0 Å². The van der Waals surface area contributed by atoms with Crippen molar-refractivity contribution in [3.8, 4) is 0 Å². The number of hydrogen-bond donors (Lipinski definition) is 2. The van der Waals surface area contributed by atoms with Crippen molar-refractivity contribution >= 4 is 17.5 Å². The van der Waals surface area contributed by atoms with Gasteiger partial charge in [-0.1, -0.05) is 31.2 Å². The first-order valence-corrected chi connectivity index (χ1v) is 7.86. The Hall–Kier alpha value is -1.96. The highest BCUT2D eigenvalue weighted by molar-refractivity contribution is 6.06. The predicted octanol–water partition coefficient (Wildman–Crippen LogP) is 1.63. The molecule has 1 atom stereocenters. The number of nitrogens with one attached hydrogen (secondary N) is 1. The molecule has 2 rings (SSSR count). The Morgan fingerprint density at radius 1 is 1.30 bits per heavy atom. The van der Waals surface area contributed by atoms with Gasteiger partial charge >= 0.3 is 0 Å². The van der Waals surface area contributed by atoms with Crippen LogP contribution in [0.1, 0.15) is 42.6 Å². The first-order chi connectivity index (χ1) is 11.1. The molecule has 0 spiro atoms. The molecular formula is C16H23N3O4. The van der Waals surface area contributed by atoms with E-state index in [4.69, 9.17) is 15.4 Å². The first kappa shape index (κ1) is 17.4. The van der Waals surface area contributed by atoms with Crippen LogP contribution in [0.4, 0.5) is 5.69 Å². The van der Waals surface area contributed by atoms with E-state index < -0.39 is 11.9 Å². The molecule has 23 heavy (non-hydrogen) atoms. The topological polar surface area (TPSA) is 93.9 Å². The Morgan fingerprint density at radius 3 is 2.52 bits per heavy atom. The summed E-state index contributed by atoms with van der Waals surface area (Å²) in [5.74, 6) is -0.847. The summed E-state index contributed by atoms with van der Waals surface area (Å²) in [4.78, 5) is 35.0. The van der Waals surface area contributed by atoms with Gasteiger partial charge in [-0.25, -0.2) is 0 Å². The Kier molecular flexibility index (Phi) is 6.09. The molecule has 1 aromatic rings. The lowest BCUT2D eigenvalue weighted by Gasteiger charge is -2.32. The van der Waals surface area contributed by atoms with E-state index in [0.717, 1.165) is 18.4 Å². The lowest BCUT2D eigenvalue weighted by atomic mass is 9.96. The maximum absolute atomic E-state index is 12.4. The SMILES string of the molecule is CCCON(OCCC)C1Cc2cccc(C(N)=O)c2NC1=O. The van der Waals surface area contributed by atoms with Crippen LogP contribution >= 0.6 is 0 Å². The quantitative estimate of drug-likeness (QED) is 0.710. The molecule has 7 nitrogen and oxygen atoms in total. The van der Waals surface area contributed by atoms with E-state index in [0.29, 0.717) is 30.9 Å². The number of hydroxylamine groups is 2. The van der Waals surface area contributed by atoms with Gasteiger partial charge in [0.15, 0.2) is 0 Å². The molecular weight excluding hydrogens is 298 g/mol. The van der Waals surface area contributed by atoms with Crippen LogP contribution in [-0.4, -0.2) is 36.3 Å². The van der Waals surface area contributed by atoms with Crippen molar-refractivity contribution in [3.63, 3.8) is 0 Å². The Balaban J connectivity index is 2.23. The van der Waals surface area contributed by atoms with Crippen molar-refractivity contribution in [2.24, 2.45) is 5.73 Å². The van der Waals surface area contributed by atoms with E-state index in [-0.39, 0.29) is 5.91 Å². The lowest BCUT2D eigenvalue weighted by Crippen LogP contribution is -2.48. The van der Waals surface area contributed by atoms with Gasteiger partial charge in [0.2, 0.25) is 5.91 Å². The molecule has 1 aliphatic rings. The van der Waals surface area contributed by atoms with Gasteiger partial charge in [0.05, 0.1) is 24.5 Å². The van der Waals surface area contributed by atoms with Gasteiger partial charge < -0.3 is 11.1 Å². The summed E-state index contributed by atoms with van der Waals surface area (Å²) in [6.07, 6.45) is 2.00. The number of anilines is 1. The highest BCUT2D eigenvalue weighted by Crippen LogP contribution is 2.28. The van der Waals surface area contributed by atoms with Gasteiger partial charge in [-0.15, -0.1) is 0 Å². The van der Waals surface area contributed by atoms with Crippen LogP contribution in [-0.2, 0) is 20.9 Å². The molecule has 126 valence electrons. The number of para-hydroxylation sites is 1. The third kappa shape index (κ3) is 4.07. The number of hydrogen-bond acceptors (Lipinski definition) is 5. The van der Waals surface area contributed by atoms with Crippen LogP contribution in [0.25, 0.3) is 0 Å². The number of nitrogens with two attached hydrogens (primary N) is 1. The van der Waals surface area contributed by atoms with E-state index in [9.17, 15) is 9.59 Å². The van der Waals surface area contributed by atoms with Crippen molar-refractivity contribution in [2.45, 2.75) is 39.2 Å². The largest absolute Gasteiger partial charge is 0.366 e. The number of rotatable bonds is 8. The maximum Gasteiger partial charge on any atom is 0.250 e. The zero-order valence-corrected chi connectivity index (χ0v) is 13.5. The summed E-state index contributed by atoms with van der Waals surface area (Å²) >= 11 is 0. The molecule has 0 bridgehead atoms. The molecule has 1 aromatic carbocycles. The fourth-order valence-electron chi connectivity index (χ4n) is 2.38. The van der Waals surface area contributed by atoms with Gasteiger partial charge in [-0.2, -0.15) is 0 Å². The lowest BCUT2D eigenvalue weighted by molar-refractivity contribution is -0.381. The van der Waals surface area contributed by atoms with Gasteiger partial charge in [0, 0.05) is 6.42 Å². The molecule has 0 saturated carbocycles. The number of benzene rings is 1. The van der Waals surface area contributed by atoms with Gasteiger partial charge in [-0.3, -0.25) is 19.3 Å². The molecule has 3 N–H and O–H groups in total. The third-order valence-electron chi connectivity index (χ3n) is 3.48. The second-order valence-corrected chi connectivity index (χ2v) is 5.36.